The summed E-state index contributed by atoms with van der Waals surface area (Å²) in [4.78, 5) is 0. The third-order valence-corrected chi connectivity index (χ3v) is 3.31. The first kappa shape index (κ1) is 20.4. The van der Waals surface area contributed by atoms with Crippen molar-refractivity contribution in [2.45, 2.75) is 40.2 Å². The van der Waals surface area contributed by atoms with E-state index in [1.165, 1.54) is 0 Å². The van der Waals surface area contributed by atoms with Crippen molar-refractivity contribution in [2.24, 2.45) is 0 Å². The predicted molar refractivity (Wildman–Crippen MR) is 66.3 cm³/mol. The van der Waals surface area contributed by atoms with Gasteiger partial charge in [0, 0.05) is 13.2 Å². The summed E-state index contributed by atoms with van der Waals surface area (Å²) in [5, 5.41) is 20.4. The molecule has 0 saturated carbocycles. The summed E-state index contributed by atoms with van der Waals surface area (Å²) in [6.07, 6.45) is -1.44. The van der Waals surface area contributed by atoms with Crippen molar-refractivity contribution in [1.29, 1.82) is 0 Å². The molecule has 112 valence electrons. The average molecular weight is 286 g/mol. The van der Waals surface area contributed by atoms with E-state index >= 15 is 0 Å². The number of aliphatic hydroxyl groups is 2. The van der Waals surface area contributed by atoms with E-state index in [0.717, 1.165) is 0 Å². The lowest BCUT2D eigenvalue weighted by molar-refractivity contribution is -1.01. The quantitative estimate of drug-likeness (QED) is 0.346. The van der Waals surface area contributed by atoms with Gasteiger partial charge in [-0.2, -0.15) is 0 Å². The molecular formula is C12H28ClNO4. The maximum absolute atomic E-state index is 10.2. The van der Waals surface area contributed by atoms with Crippen LogP contribution in [0.4, 0.5) is 0 Å². The van der Waals surface area contributed by atoms with Crippen molar-refractivity contribution in [3.63, 3.8) is 0 Å². The first-order chi connectivity index (χ1) is 8.08. The zero-order valence-corrected chi connectivity index (χ0v) is 12.7. The van der Waals surface area contributed by atoms with Gasteiger partial charge in [0.1, 0.15) is 13.2 Å². The molecule has 0 amide bonds. The molecule has 0 rings (SSSR count). The van der Waals surface area contributed by atoms with Crippen LogP contribution in [0.1, 0.15) is 27.7 Å². The lowest BCUT2D eigenvalue weighted by Gasteiger charge is -2.43. The highest BCUT2D eigenvalue weighted by Crippen LogP contribution is 2.17. The lowest BCUT2D eigenvalue weighted by Crippen LogP contribution is -3.00. The Morgan fingerprint density at radius 2 is 1.17 bits per heavy atom. The summed E-state index contributed by atoms with van der Waals surface area (Å²) >= 11 is 0. The summed E-state index contributed by atoms with van der Waals surface area (Å²) in [7, 11) is 0. The molecule has 5 nitrogen and oxygen atoms in total. The van der Waals surface area contributed by atoms with Crippen LogP contribution in [-0.2, 0) is 9.47 Å². The number of likely N-dealkylation sites (N-methyl/N-ethyl adjacent to an activating group) is 1. The first-order valence-corrected chi connectivity index (χ1v) is 6.46. The van der Waals surface area contributed by atoms with Crippen LogP contribution in [-0.4, -0.2) is 66.7 Å². The third kappa shape index (κ3) is 5.38. The standard InChI is InChI=1S/C12H28NO4.ClH/c1-5-13(6-2,11(14)9-16-7-3)12(15)10-17-8-4;/h11-12,14-15H,5-10H2,1-4H3;1H/q+1;/p-1. The molecule has 2 unspecified atom stereocenters. The van der Waals surface area contributed by atoms with E-state index in [1.54, 1.807) is 0 Å². The van der Waals surface area contributed by atoms with E-state index in [-0.39, 0.29) is 30.1 Å². The minimum atomic E-state index is -0.722. The molecule has 0 aromatic rings. The maximum atomic E-state index is 10.2. The zero-order valence-electron chi connectivity index (χ0n) is 11.9. The lowest BCUT2D eigenvalue weighted by atomic mass is 10.2. The largest absolute Gasteiger partial charge is 1.00 e. The predicted octanol–water partition coefficient (Wildman–Crippen LogP) is -2.44. The van der Waals surface area contributed by atoms with Crippen LogP contribution in [0.15, 0.2) is 0 Å². The molecule has 0 spiro atoms. The number of aliphatic hydroxyl groups excluding tert-OH is 2. The number of nitrogens with zero attached hydrogens (tertiary/aromatic N) is 1. The van der Waals surface area contributed by atoms with Gasteiger partial charge in [0.15, 0.2) is 0 Å². The molecular weight excluding hydrogens is 258 g/mol. The monoisotopic (exact) mass is 285 g/mol. The number of halogens is 1. The zero-order chi connectivity index (χ0) is 13.3. The van der Waals surface area contributed by atoms with E-state index in [9.17, 15) is 10.2 Å². The minimum absolute atomic E-state index is 0. The van der Waals surface area contributed by atoms with Gasteiger partial charge in [-0.25, -0.2) is 0 Å². The maximum Gasteiger partial charge on any atom is 0.216 e. The molecule has 0 aliphatic carbocycles. The Balaban J connectivity index is 0. The summed E-state index contributed by atoms with van der Waals surface area (Å²) in [6, 6.07) is 0. The number of rotatable bonds is 10. The fraction of sp³-hybridized carbons (Fsp3) is 1.00. The van der Waals surface area contributed by atoms with Crippen LogP contribution in [0.5, 0.6) is 0 Å². The number of hydrogen-bond acceptors (Lipinski definition) is 4. The van der Waals surface area contributed by atoms with Crippen LogP contribution in [0.3, 0.4) is 0 Å². The first-order valence-electron chi connectivity index (χ1n) is 6.46. The van der Waals surface area contributed by atoms with Gasteiger partial charge in [0.25, 0.3) is 0 Å². The van der Waals surface area contributed by atoms with Crippen molar-refractivity contribution in [3.8, 4) is 0 Å². The minimum Gasteiger partial charge on any atom is -1.00 e. The molecule has 2 N–H and O–H groups in total. The average Bonchev–Trinajstić information content (AvgIpc) is 2.35. The fourth-order valence-corrected chi connectivity index (χ4v) is 2.01. The topological polar surface area (TPSA) is 58.9 Å². The molecule has 0 heterocycles. The molecule has 0 radical (unpaired) electrons. The summed E-state index contributed by atoms with van der Waals surface area (Å²) < 4.78 is 10.7. The summed E-state index contributed by atoms with van der Waals surface area (Å²) in [6.45, 7) is 10.5. The number of ether oxygens (including phenoxy) is 2. The van der Waals surface area contributed by atoms with E-state index in [4.69, 9.17) is 9.47 Å². The SMILES string of the molecule is CCOCC(O)[N+](CC)(CC)C(O)COCC.[Cl-]. The van der Waals surface area contributed by atoms with E-state index in [2.05, 4.69) is 0 Å². The van der Waals surface area contributed by atoms with Gasteiger partial charge >= 0.3 is 0 Å². The Hall–Kier alpha value is 0.0900. The van der Waals surface area contributed by atoms with E-state index in [1.807, 2.05) is 27.7 Å². The van der Waals surface area contributed by atoms with Gasteiger partial charge in [0.05, 0.1) is 13.1 Å². The third-order valence-electron chi connectivity index (χ3n) is 3.31. The molecule has 2 atom stereocenters. The van der Waals surface area contributed by atoms with Crippen molar-refractivity contribution >= 4 is 0 Å². The van der Waals surface area contributed by atoms with Crippen LogP contribution in [0.25, 0.3) is 0 Å². The Labute approximate surface area is 117 Å². The van der Waals surface area contributed by atoms with Crippen LogP contribution in [0, 0.1) is 0 Å². The molecule has 0 aliphatic rings. The van der Waals surface area contributed by atoms with Gasteiger partial charge in [-0.05, 0) is 27.7 Å². The Bertz CT molecular complexity index is 175. The number of hydrogen-bond donors (Lipinski definition) is 2. The van der Waals surface area contributed by atoms with E-state index < -0.39 is 12.5 Å². The molecule has 0 aromatic carbocycles. The van der Waals surface area contributed by atoms with Gasteiger partial charge < -0.3 is 32.1 Å². The van der Waals surface area contributed by atoms with Gasteiger partial charge in [-0.3, -0.25) is 4.48 Å². The fourth-order valence-electron chi connectivity index (χ4n) is 2.01. The second-order valence-electron chi connectivity index (χ2n) is 4.02. The summed E-state index contributed by atoms with van der Waals surface area (Å²) in [5.41, 5.74) is 0. The molecule has 0 aromatic heterocycles. The highest BCUT2D eigenvalue weighted by molar-refractivity contribution is 4.51. The van der Waals surface area contributed by atoms with Gasteiger partial charge in [-0.1, -0.05) is 0 Å². The molecule has 0 saturated heterocycles. The van der Waals surface area contributed by atoms with Crippen molar-refractivity contribution in [1.82, 2.24) is 0 Å². The number of quaternary nitrogens is 1. The molecule has 18 heavy (non-hydrogen) atoms. The highest BCUT2D eigenvalue weighted by Gasteiger charge is 2.39. The molecule has 0 aliphatic heterocycles. The second-order valence-corrected chi connectivity index (χ2v) is 4.02. The molecule has 0 fully saturated rings. The Morgan fingerprint density at radius 1 is 0.833 bits per heavy atom. The van der Waals surface area contributed by atoms with E-state index in [0.29, 0.717) is 26.3 Å². The molecule has 0 bridgehead atoms. The normalized spacial score (nSPS) is 15.0. The van der Waals surface area contributed by atoms with Crippen molar-refractivity contribution in [3.05, 3.63) is 0 Å². The van der Waals surface area contributed by atoms with Crippen LogP contribution >= 0.6 is 0 Å². The second kappa shape index (κ2) is 11.0. The smallest absolute Gasteiger partial charge is 0.216 e. The van der Waals surface area contributed by atoms with Crippen molar-refractivity contribution < 1.29 is 36.6 Å². The highest BCUT2D eigenvalue weighted by atomic mass is 35.5. The van der Waals surface area contributed by atoms with Crippen LogP contribution < -0.4 is 12.4 Å². The van der Waals surface area contributed by atoms with Gasteiger partial charge in [0.2, 0.25) is 12.5 Å². The Kier molecular flexibility index (Phi) is 12.4. The van der Waals surface area contributed by atoms with Crippen molar-refractivity contribution in [2.75, 3.05) is 39.5 Å². The van der Waals surface area contributed by atoms with Gasteiger partial charge in [-0.15, -0.1) is 0 Å². The Morgan fingerprint density at radius 3 is 1.39 bits per heavy atom. The summed E-state index contributed by atoms with van der Waals surface area (Å²) in [5.74, 6) is 0. The molecule has 6 heteroatoms. The van der Waals surface area contributed by atoms with Crippen LogP contribution in [0.2, 0.25) is 0 Å².